The SMILES string of the molecule is C=C(NNC(=O)c1ccncc1)c1ccc(OC)c(OC)c1. The number of benzene rings is 1. The summed E-state index contributed by atoms with van der Waals surface area (Å²) in [6.07, 6.45) is 3.11. The van der Waals surface area contributed by atoms with Crippen molar-refractivity contribution in [2.24, 2.45) is 0 Å². The first-order valence-corrected chi connectivity index (χ1v) is 6.53. The molecule has 0 aliphatic carbocycles. The molecule has 0 spiro atoms. The topological polar surface area (TPSA) is 72.5 Å². The fourth-order valence-electron chi connectivity index (χ4n) is 1.80. The summed E-state index contributed by atoms with van der Waals surface area (Å²) in [5.74, 6) is 0.937. The Bertz CT molecular complexity index is 672. The highest BCUT2D eigenvalue weighted by atomic mass is 16.5. The Balaban J connectivity index is 2.02. The third-order valence-electron chi connectivity index (χ3n) is 3.00. The monoisotopic (exact) mass is 299 g/mol. The van der Waals surface area contributed by atoms with E-state index in [1.165, 1.54) is 0 Å². The Morgan fingerprint density at radius 3 is 2.32 bits per heavy atom. The van der Waals surface area contributed by atoms with Gasteiger partial charge in [-0.05, 0) is 30.3 Å². The summed E-state index contributed by atoms with van der Waals surface area (Å²) >= 11 is 0. The molecule has 2 N–H and O–H groups in total. The molecule has 0 atom stereocenters. The van der Waals surface area contributed by atoms with Crippen molar-refractivity contribution in [3.8, 4) is 11.5 Å². The van der Waals surface area contributed by atoms with Crippen LogP contribution in [-0.2, 0) is 0 Å². The first-order chi connectivity index (χ1) is 10.7. The minimum absolute atomic E-state index is 0.274. The standard InChI is InChI=1S/C16H17N3O3/c1-11(13-4-5-14(21-2)15(10-13)22-3)18-19-16(20)12-6-8-17-9-7-12/h4-10,18H,1H2,2-3H3,(H,19,20). The maximum atomic E-state index is 11.9. The molecule has 2 aromatic rings. The second kappa shape index (κ2) is 7.12. The molecule has 0 unspecified atom stereocenters. The highest BCUT2D eigenvalue weighted by molar-refractivity contribution is 5.94. The van der Waals surface area contributed by atoms with Crippen molar-refractivity contribution in [3.63, 3.8) is 0 Å². The van der Waals surface area contributed by atoms with Gasteiger partial charge in [-0.1, -0.05) is 6.58 Å². The van der Waals surface area contributed by atoms with Gasteiger partial charge in [0.15, 0.2) is 11.5 Å². The van der Waals surface area contributed by atoms with E-state index in [-0.39, 0.29) is 5.91 Å². The lowest BCUT2D eigenvalue weighted by Gasteiger charge is -2.13. The van der Waals surface area contributed by atoms with Crippen molar-refractivity contribution in [1.29, 1.82) is 0 Å². The van der Waals surface area contributed by atoms with Crippen molar-refractivity contribution in [3.05, 3.63) is 60.4 Å². The predicted octanol–water partition coefficient (Wildman–Crippen LogP) is 2.00. The van der Waals surface area contributed by atoms with Gasteiger partial charge in [-0.15, -0.1) is 0 Å². The molecule has 0 fully saturated rings. The lowest BCUT2D eigenvalue weighted by Crippen LogP contribution is -2.35. The fraction of sp³-hybridized carbons (Fsp3) is 0.125. The van der Waals surface area contributed by atoms with Gasteiger partial charge in [0.25, 0.3) is 5.91 Å². The highest BCUT2D eigenvalue weighted by Crippen LogP contribution is 2.29. The molecule has 0 saturated heterocycles. The molecule has 0 saturated carbocycles. The molecular weight excluding hydrogens is 282 g/mol. The Kier molecular flexibility index (Phi) is 4.98. The van der Waals surface area contributed by atoms with Gasteiger partial charge in [0.1, 0.15) is 0 Å². The van der Waals surface area contributed by atoms with E-state index in [9.17, 15) is 4.79 Å². The molecule has 6 heteroatoms. The Hall–Kier alpha value is -3.02. The van der Waals surface area contributed by atoms with E-state index in [1.54, 1.807) is 50.9 Å². The smallest absolute Gasteiger partial charge is 0.269 e. The molecule has 1 amide bonds. The summed E-state index contributed by atoms with van der Waals surface area (Å²) in [6.45, 7) is 3.89. The van der Waals surface area contributed by atoms with E-state index in [4.69, 9.17) is 9.47 Å². The molecule has 1 aromatic heterocycles. The van der Waals surface area contributed by atoms with Crippen molar-refractivity contribution in [2.75, 3.05) is 14.2 Å². The number of rotatable bonds is 6. The average molecular weight is 299 g/mol. The number of carbonyl (C=O) groups is 1. The predicted molar refractivity (Wildman–Crippen MR) is 83.4 cm³/mol. The van der Waals surface area contributed by atoms with E-state index in [0.717, 1.165) is 5.56 Å². The summed E-state index contributed by atoms with van der Waals surface area (Å²) in [6, 6.07) is 8.60. The van der Waals surface area contributed by atoms with Crippen LogP contribution in [0.1, 0.15) is 15.9 Å². The summed E-state index contributed by atoms with van der Waals surface area (Å²) < 4.78 is 10.4. The fourth-order valence-corrected chi connectivity index (χ4v) is 1.80. The summed E-state index contributed by atoms with van der Waals surface area (Å²) in [5, 5.41) is 0. The molecule has 0 radical (unpaired) electrons. The van der Waals surface area contributed by atoms with Crippen molar-refractivity contribution in [2.45, 2.75) is 0 Å². The van der Waals surface area contributed by atoms with Crippen LogP contribution in [-0.4, -0.2) is 25.1 Å². The van der Waals surface area contributed by atoms with Crippen LogP contribution in [0.5, 0.6) is 11.5 Å². The zero-order valence-corrected chi connectivity index (χ0v) is 12.4. The van der Waals surface area contributed by atoms with E-state index in [1.807, 2.05) is 6.07 Å². The van der Waals surface area contributed by atoms with Gasteiger partial charge in [-0.3, -0.25) is 20.6 Å². The van der Waals surface area contributed by atoms with Crippen LogP contribution in [0.25, 0.3) is 5.70 Å². The summed E-state index contributed by atoms with van der Waals surface area (Å²) in [4.78, 5) is 15.8. The number of nitrogens with one attached hydrogen (secondary N) is 2. The average Bonchev–Trinajstić information content (AvgIpc) is 2.59. The zero-order chi connectivity index (χ0) is 15.9. The number of hydrogen-bond donors (Lipinski definition) is 2. The van der Waals surface area contributed by atoms with E-state index in [0.29, 0.717) is 22.8 Å². The summed E-state index contributed by atoms with van der Waals surface area (Å²) in [7, 11) is 3.13. The molecule has 0 aliphatic rings. The number of ether oxygens (including phenoxy) is 2. The maximum absolute atomic E-state index is 11.9. The maximum Gasteiger partial charge on any atom is 0.269 e. The number of hydrogen-bond acceptors (Lipinski definition) is 5. The van der Waals surface area contributed by atoms with E-state index >= 15 is 0 Å². The molecule has 2 rings (SSSR count). The highest BCUT2D eigenvalue weighted by Gasteiger charge is 2.08. The Morgan fingerprint density at radius 2 is 1.68 bits per heavy atom. The van der Waals surface area contributed by atoms with Gasteiger partial charge in [-0.25, -0.2) is 0 Å². The van der Waals surface area contributed by atoms with Crippen LogP contribution in [0.4, 0.5) is 0 Å². The van der Waals surface area contributed by atoms with Crippen LogP contribution < -0.4 is 20.3 Å². The molecule has 0 bridgehead atoms. The lowest BCUT2D eigenvalue weighted by molar-refractivity contribution is 0.0942. The molecule has 22 heavy (non-hydrogen) atoms. The molecule has 114 valence electrons. The van der Waals surface area contributed by atoms with Crippen molar-refractivity contribution >= 4 is 11.6 Å². The third kappa shape index (κ3) is 3.54. The number of hydrazine groups is 1. The van der Waals surface area contributed by atoms with Crippen LogP contribution in [0, 0.1) is 0 Å². The Labute approximate surface area is 128 Å². The number of nitrogens with zero attached hydrogens (tertiary/aromatic N) is 1. The van der Waals surface area contributed by atoms with Gasteiger partial charge in [-0.2, -0.15) is 0 Å². The van der Waals surface area contributed by atoms with Crippen molar-refractivity contribution < 1.29 is 14.3 Å². The summed E-state index contributed by atoms with van der Waals surface area (Å²) in [5.41, 5.74) is 7.15. The normalized spacial score (nSPS) is 9.73. The largest absolute Gasteiger partial charge is 0.493 e. The third-order valence-corrected chi connectivity index (χ3v) is 3.00. The first-order valence-electron chi connectivity index (χ1n) is 6.53. The second-order valence-electron chi connectivity index (χ2n) is 4.36. The van der Waals surface area contributed by atoms with E-state index < -0.39 is 0 Å². The van der Waals surface area contributed by atoms with Crippen LogP contribution in [0.3, 0.4) is 0 Å². The molecule has 1 heterocycles. The van der Waals surface area contributed by atoms with Crippen molar-refractivity contribution in [1.82, 2.24) is 15.8 Å². The number of methoxy groups -OCH3 is 2. The van der Waals surface area contributed by atoms with Gasteiger partial charge in [0.05, 0.1) is 19.9 Å². The molecular formula is C16H17N3O3. The number of amides is 1. The van der Waals surface area contributed by atoms with Gasteiger partial charge < -0.3 is 9.47 Å². The minimum Gasteiger partial charge on any atom is -0.493 e. The second-order valence-corrected chi connectivity index (χ2v) is 4.36. The Morgan fingerprint density at radius 1 is 1.00 bits per heavy atom. The first kappa shape index (κ1) is 15.4. The zero-order valence-electron chi connectivity index (χ0n) is 12.4. The minimum atomic E-state index is -0.274. The number of carbonyl (C=O) groups excluding carboxylic acids is 1. The van der Waals surface area contributed by atoms with Gasteiger partial charge in [0.2, 0.25) is 0 Å². The quantitative estimate of drug-likeness (QED) is 0.798. The van der Waals surface area contributed by atoms with E-state index in [2.05, 4.69) is 22.4 Å². The van der Waals surface area contributed by atoms with Gasteiger partial charge >= 0.3 is 0 Å². The van der Waals surface area contributed by atoms with Crippen LogP contribution in [0.15, 0.2) is 49.3 Å². The molecule has 0 aliphatic heterocycles. The van der Waals surface area contributed by atoms with Crippen LogP contribution in [0.2, 0.25) is 0 Å². The molecule has 6 nitrogen and oxygen atoms in total. The van der Waals surface area contributed by atoms with Gasteiger partial charge in [0, 0.05) is 23.5 Å². The number of aromatic nitrogens is 1. The molecule has 1 aromatic carbocycles. The van der Waals surface area contributed by atoms with Crippen LogP contribution >= 0.6 is 0 Å². The number of pyridine rings is 1. The lowest BCUT2D eigenvalue weighted by atomic mass is 10.1.